The SMILES string of the molecule is CCc1nn(CC)c(CC(CC)CCl)c1Br. The molecule has 92 valence electrons. The Bertz CT molecular complexity index is 332. The molecule has 1 aromatic rings. The van der Waals surface area contributed by atoms with Crippen LogP contribution in [0.4, 0.5) is 0 Å². The van der Waals surface area contributed by atoms with Crippen molar-refractivity contribution in [1.29, 1.82) is 0 Å². The fourth-order valence-electron chi connectivity index (χ4n) is 1.79. The molecule has 0 saturated carbocycles. The molecule has 0 radical (unpaired) electrons. The van der Waals surface area contributed by atoms with Crippen molar-refractivity contribution in [3.8, 4) is 0 Å². The molecule has 1 aromatic heterocycles. The summed E-state index contributed by atoms with van der Waals surface area (Å²) < 4.78 is 3.28. The van der Waals surface area contributed by atoms with Crippen LogP contribution < -0.4 is 0 Å². The first-order valence-corrected chi connectivity index (χ1v) is 7.30. The summed E-state index contributed by atoms with van der Waals surface area (Å²) in [6.45, 7) is 7.38. The number of aromatic nitrogens is 2. The molecule has 0 aliphatic carbocycles. The highest BCUT2D eigenvalue weighted by Crippen LogP contribution is 2.26. The average molecular weight is 308 g/mol. The van der Waals surface area contributed by atoms with Gasteiger partial charge in [-0.05, 0) is 41.6 Å². The van der Waals surface area contributed by atoms with E-state index in [0.29, 0.717) is 5.92 Å². The maximum atomic E-state index is 5.96. The lowest BCUT2D eigenvalue weighted by Crippen LogP contribution is -2.11. The number of nitrogens with zero attached hydrogens (tertiary/aromatic N) is 2. The van der Waals surface area contributed by atoms with Crippen LogP contribution in [0.15, 0.2) is 4.47 Å². The minimum Gasteiger partial charge on any atom is -0.268 e. The Morgan fingerprint density at radius 3 is 2.50 bits per heavy atom. The predicted octanol–water partition coefficient (Wildman–Crippen LogP) is 4.04. The van der Waals surface area contributed by atoms with E-state index in [0.717, 1.165) is 37.4 Å². The average Bonchev–Trinajstić information content (AvgIpc) is 2.62. The molecule has 4 heteroatoms. The number of hydrogen-bond donors (Lipinski definition) is 0. The summed E-state index contributed by atoms with van der Waals surface area (Å²) in [4.78, 5) is 0. The Hall–Kier alpha value is -0.0200. The molecule has 1 rings (SSSR count). The number of alkyl halides is 1. The van der Waals surface area contributed by atoms with E-state index in [2.05, 4.69) is 46.5 Å². The third kappa shape index (κ3) is 3.01. The fraction of sp³-hybridized carbons (Fsp3) is 0.750. The second-order valence-corrected chi connectivity index (χ2v) is 5.11. The van der Waals surface area contributed by atoms with Gasteiger partial charge in [-0.1, -0.05) is 20.3 Å². The zero-order valence-corrected chi connectivity index (χ0v) is 12.6. The largest absolute Gasteiger partial charge is 0.268 e. The van der Waals surface area contributed by atoms with Gasteiger partial charge in [0, 0.05) is 12.4 Å². The molecule has 1 unspecified atom stereocenters. The lowest BCUT2D eigenvalue weighted by atomic mass is 10.0. The van der Waals surface area contributed by atoms with Gasteiger partial charge in [0.25, 0.3) is 0 Å². The molecule has 2 nitrogen and oxygen atoms in total. The van der Waals surface area contributed by atoms with Crippen LogP contribution in [0.2, 0.25) is 0 Å². The first kappa shape index (κ1) is 14.0. The fourth-order valence-corrected chi connectivity index (χ4v) is 2.85. The van der Waals surface area contributed by atoms with Gasteiger partial charge in [0.1, 0.15) is 0 Å². The summed E-state index contributed by atoms with van der Waals surface area (Å²) in [6.07, 6.45) is 3.10. The lowest BCUT2D eigenvalue weighted by molar-refractivity contribution is 0.520. The lowest BCUT2D eigenvalue weighted by Gasteiger charge is -2.12. The zero-order valence-electron chi connectivity index (χ0n) is 10.3. The Balaban J connectivity index is 2.96. The summed E-state index contributed by atoms with van der Waals surface area (Å²) in [5.74, 6) is 1.27. The van der Waals surface area contributed by atoms with Crippen LogP contribution in [0, 0.1) is 5.92 Å². The number of halogens is 2. The van der Waals surface area contributed by atoms with Crippen molar-refractivity contribution in [3.05, 3.63) is 15.9 Å². The smallest absolute Gasteiger partial charge is 0.0766 e. The Morgan fingerprint density at radius 2 is 2.06 bits per heavy atom. The molecule has 1 heterocycles. The van der Waals surface area contributed by atoms with E-state index in [1.165, 1.54) is 10.2 Å². The monoisotopic (exact) mass is 306 g/mol. The second-order valence-electron chi connectivity index (χ2n) is 4.01. The van der Waals surface area contributed by atoms with Gasteiger partial charge < -0.3 is 0 Å². The van der Waals surface area contributed by atoms with Gasteiger partial charge in [-0.15, -0.1) is 11.6 Å². The number of aryl methyl sites for hydroxylation is 2. The predicted molar refractivity (Wildman–Crippen MR) is 73.2 cm³/mol. The van der Waals surface area contributed by atoms with Crippen molar-refractivity contribution in [2.24, 2.45) is 5.92 Å². The van der Waals surface area contributed by atoms with E-state index in [4.69, 9.17) is 11.6 Å². The summed E-state index contributed by atoms with van der Waals surface area (Å²) in [5.41, 5.74) is 2.45. The number of rotatable bonds is 6. The molecule has 0 bridgehead atoms. The van der Waals surface area contributed by atoms with E-state index < -0.39 is 0 Å². The second kappa shape index (κ2) is 6.65. The first-order valence-electron chi connectivity index (χ1n) is 5.97. The Labute approximate surface area is 111 Å². The third-order valence-electron chi connectivity index (χ3n) is 2.97. The van der Waals surface area contributed by atoms with Crippen LogP contribution in [0.1, 0.15) is 38.6 Å². The Morgan fingerprint density at radius 1 is 1.38 bits per heavy atom. The van der Waals surface area contributed by atoms with Crippen LogP contribution in [0.3, 0.4) is 0 Å². The minimum atomic E-state index is 0.546. The van der Waals surface area contributed by atoms with E-state index in [1.54, 1.807) is 0 Å². The van der Waals surface area contributed by atoms with Gasteiger partial charge in [-0.25, -0.2) is 0 Å². The zero-order chi connectivity index (χ0) is 12.1. The van der Waals surface area contributed by atoms with Gasteiger partial charge in [0.15, 0.2) is 0 Å². The van der Waals surface area contributed by atoms with Crippen molar-refractivity contribution in [1.82, 2.24) is 9.78 Å². The highest BCUT2D eigenvalue weighted by atomic mass is 79.9. The quantitative estimate of drug-likeness (QED) is 0.725. The maximum absolute atomic E-state index is 5.96. The highest BCUT2D eigenvalue weighted by molar-refractivity contribution is 9.10. The molecule has 16 heavy (non-hydrogen) atoms. The van der Waals surface area contributed by atoms with Crippen molar-refractivity contribution in [2.45, 2.75) is 46.6 Å². The molecular formula is C12H20BrClN2. The minimum absolute atomic E-state index is 0.546. The highest BCUT2D eigenvalue weighted by Gasteiger charge is 2.17. The van der Waals surface area contributed by atoms with Crippen molar-refractivity contribution in [2.75, 3.05) is 5.88 Å². The van der Waals surface area contributed by atoms with Crippen LogP contribution >= 0.6 is 27.5 Å². The topological polar surface area (TPSA) is 17.8 Å². The van der Waals surface area contributed by atoms with Crippen molar-refractivity contribution < 1.29 is 0 Å². The third-order valence-corrected chi connectivity index (χ3v) is 4.32. The van der Waals surface area contributed by atoms with Gasteiger partial charge in [-0.2, -0.15) is 5.10 Å². The van der Waals surface area contributed by atoms with Gasteiger partial charge >= 0.3 is 0 Å². The van der Waals surface area contributed by atoms with E-state index in [-0.39, 0.29) is 0 Å². The van der Waals surface area contributed by atoms with E-state index in [1.807, 2.05) is 0 Å². The molecule has 0 saturated heterocycles. The summed E-state index contributed by atoms with van der Waals surface area (Å²) in [7, 11) is 0. The van der Waals surface area contributed by atoms with Gasteiger partial charge in [0.2, 0.25) is 0 Å². The standard InChI is InChI=1S/C12H20BrClN2/c1-4-9(8-14)7-11-12(13)10(5-2)15-16(11)6-3/h9H,4-8H2,1-3H3. The van der Waals surface area contributed by atoms with Gasteiger partial charge in [-0.3, -0.25) is 4.68 Å². The van der Waals surface area contributed by atoms with Gasteiger partial charge in [0.05, 0.1) is 15.9 Å². The molecule has 0 aliphatic heterocycles. The summed E-state index contributed by atoms with van der Waals surface area (Å²) >= 11 is 9.62. The first-order chi connectivity index (χ1) is 7.67. The molecule has 0 fully saturated rings. The van der Waals surface area contributed by atoms with Crippen molar-refractivity contribution >= 4 is 27.5 Å². The van der Waals surface area contributed by atoms with Crippen LogP contribution in [-0.4, -0.2) is 15.7 Å². The number of hydrogen-bond acceptors (Lipinski definition) is 1. The molecule has 0 N–H and O–H groups in total. The van der Waals surface area contributed by atoms with E-state index in [9.17, 15) is 0 Å². The summed E-state index contributed by atoms with van der Waals surface area (Å²) in [5, 5.41) is 4.60. The molecule has 1 atom stereocenters. The normalized spacial score (nSPS) is 13.1. The molecule has 0 aromatic carbocycles. The van der Waals surface area contributed by atoms with Crippen LogP contribution in [0.5, 0.6) is 0 Å². The molecule has 0 aliphatic rings. The maximum Gasteiger partial charge on any atom is 0.0766 e. The molecule has 0 amide bonds. The molecular weight excluding hydrogens is 288 g/mol. The van der Waals surface area contributed by atoms with Crippen LogP contribution in [-0.2, 0) is 19.4 Å². The van der Waals surface area contributed by atoms with E-state index >= 15 is 0 Å². The van der Waals surface area contributed by atoms with Crippen LogP contribution in [0.25, 0.3) is 0 Å². The Kier molecular flexibility index (Phi) is 5.84. The summed E-state index contributed by atoms with van der Waals surface area (Å²) in [6, 6.07) is 0. The molecule has 0 spiro atoms. The van der Waals surface area contributed by atoms with Crippen molar-refractivity contribution in [3.63, 3.8) is 0 Å².